The van der Waals surface area contributed by atoms with Crippen molar-refractivity contribution in [1.82, 2.24) is 24.1 Å². The number of fused-ring (bicyclic) bond motifs is 2. The molecule has 0 aliphatic carbocycles. The van der Waals surface area contributed by atoms with Crippen LogP contribution < -0.4 is 5.56 Å². The number of pyridine rings is 1. The monoisotopic (exact) mass is 381 g/mol. The number of aryl methyl sites for hydroxylation is 1. The zero-order valence-corrected chi connectivity index (χ0v) is 15.7. The van der Waals surface area contributed by atoms with Crippen LogP contribution in [0.1, 0.15) is 35.5 Å². The van der Waals surface area contributed by atoms with Crippen LogP contribution in [0.15, 0.2) is 29.2 Å². The fourth-order valence-corrected chi connectivity index (χ4v) is 3.44. The van der Waals surface area contributed by atoms with Crippen LogP contribution in [0, 0.1) is 6.92 Å². The van der Waals surface area contributed by atoms with Gasteiger partial charge in [0.1, 0.15) is 23.6 Å². The van der Waals surface area contributed by atoms with E-state index in [1.807, 2.05) is 26.8 Å². The number of rotatable bonds is 4. The van der Waals surface area contributed by atoms with E-state index in [4.69, 9.17) is 0 Å². The first-order valence-corrected chi connectivity index (χ1v) is 8.89. The Kier molecular flexibility index (Phi) is 4.02. The van der Waals surface area contributed by atoms with Gasteiger partial charge in [0.05, 0.1) is 17.8 Å². The number of nitrogens with zero attached hydrogens (tertiary/aromatic N) is 5. The maximum absolute atomic E-state index is 13.0. The third kappa shape index (κ3) is 2.67. The Hall–Kier alpha value is -3.49. The molecular weight excluding hydrogens is 362 g/mol. The fourth-order valence-electron chi connectivity index (χ4n) is 3.44. The molecule has 0 unspecified atom stereocenters. The molecular formula is C19H19N5O4. The van der Waals surface area contributed by atoms with Crippen LogP contribution in [-0.4, -0.2) is 47.1 Å². The standard InChI is InChI=1S/C19H19N5O4/c1-10(2)22-8-12-17(19(22)28)23(9-16(25)26)15-6-14(21-24(15)18(12)27)13-5-4-11(3)7-20-13/h4-7,10H,8-9H2,1-3H3,(H,25,26). The number of carboxylic acid groups (broad SMARTS) is 1. The minimum atomic E-state index is -1.11. The first-order chi connectivity index (χ1) is 13.3. The summed E-state index contributed by atoms with van der Waals surface area (Å²) >= 11 is 0. The number of amides is 1. The van der Waals surface area contributed by atoms with E-state index in [2.05, 4.69) is 10.1 Å². The van der Waals surface area contributed by atoms with Crippen molar-refractivity contribution in [3.8, 4) is 11.4 Å². The molecule has 9 heteroatoms. The molecule has 0 bridgehead atoms. The zero-order chi connectivity index (χ0) is 20.2. The lowest BCUT2D eigenvalue weighted by Gasteiger charge is -2.19. The van der Waals surface area contributed by atoms with Crippen molar-refractivity contribution in [2.24, 2.45) is 0 Å². The quantitative estimate of drug-likeness (QED) is 0.730. The normalized spacial score (nSPS) is 13.6. The molecule has 3 aromatic heterocycles. The van der Waals surface area contributed by atoms with Crippen LogP contribution in [0.4, 0.5) is 0 Å². The second kappa shape index (κ2) is 6.29. The highest BCUT2D eigenvalue weighted by Gasteiger charge is 2.36. The largest absolute Gasteiger partial charge is 0.480 e. The van der Waals surface area contributed by atoms with Crippen LogP contribution in [0.3, 0.4) is 0 Å². The zero-order valence-electron chi connectivity index (χ0n) is 15.7. The molecule has 4 heterocycles. The Morgan fingerprint density at radius 1 is 1.25 bits per heavy atom. The van der Waals surface area contributed by atoms with E-state index in [9.17, 15) is 19.5 Å². The van der Waals surface area contributed by atoms with E-state index < -0.39 is 18.1 Å². The highest BCUT2D eigenvalue weighted by molar-refractivity contribution is 5.98. The highest BCUT2D eigenvalue weighted by Crippen LogP contribution is 2.25. The summed E-state index contributed by atoms with van der Waals surface area (Å²) in [5, 5.41) is 13.7. The van der Waals surface area contributed by atoms with E-state index in [1.165, 1.54) is 4.57 Å². The number of aliphatic carboxylic acids is 1. The summed E-state index contributed by atoms with van der Waals surface area (Å²) in [5.74, 6) is -1.46. The molecule has 144 valence electrons. The molecule has 1 aliphatic heterocycles. The molecule has 0 spiro atoms. The average Bonchev–Trinajstić information content (AvgIpc) is 3.22. The van der Waals surface area contributed by atoms with Gasteiger partial charge in [0.15, 0.2) is 0 Å². The lowest BCUT2D eigenvalue weighted by Crippen LogP contribution is -2.32. The van der Waals surface area contributed by atoms with Gasteiger partial charge in [-0.15, -0.1) is 0 Å². The molecule has 28 heavy (non-hydrogen) atoms. The molecule has 1 N–H and O–H groups in total. The van der Waals surface area contributed by atoms with Crippen LogP contribution in [0.5, 0.6) is 0 Å². The molecule has 4 rings (SSSR count). The van der Waals surface area contributed by atoms with Gasteiger partial charge >= 0.3 is 5.97 Å². The van der Waals surface area contributed by atoms with E-state index in [1.54, 1.807) is 23.2 Å². The van der Waals surface area contributed by atoms with Gasteiger partial charge in [0.2, 0.25) is 0 Å². The van der Waals surface area contributed by atoms with E-state index in [0.717, 1.165) is 10.1 Å². The van der Waals surface area contributed by atoms with E-state index >= 15 is 0 Å². The minimum absolute atomic E-state index is 0.114. The second-order valence-electron chi connectivity index (χ2n) is 7.16. The summed E-state index contributed by atoms with van der Waals surface area (Å²) in [7, 11) is 0. The summed E-state index contributed by atoms with van der Waals surface area (Å²) in [6.45, 7) is 5.30. The summed E-state index contributed by atoms with van der Waals surface area (Å²) in [5.41, 5.74) is 2.20. The maximum Gasteiger partial charge on any atom is 0.323 e. The van der Waals surface area contributed by atoms with Crippen LogP contribution in [-0.2, 0) is 17.9 Å². The average molecular weight is 381 g/mol. The van der Waals surface area contributed by atoms with Crippen molar-refractivity contribution in [3.63, 3.8) is 0 Å². The van der Waals surface area contributed by atoms with Gasteiger partial charge in [-0.1, -0.05) is 6.07 Å². The Morgan fingerprint density at radius 3 is 2.61 bits per heavy atom. The number of hydrogen-bond donors (Lipinski definition) is 1. The Bertz CT molecular complexity index is 1170. The molecule has 1 amide bonds. The molecule has 0 aromatic carbocycles. The lowest BCUT2D eigenvalue weighted by atomic mass is 10.2. The summed E-state index contributed by atoms with van der Waals surface area (Å²) in [6, 6.07) is 5.13. The van der Waals surface area contributed by atoms with Gasteiger partial charge in [0.25, 0.3) is 11.5 Å². The lowest BCUT2D eigenvalue weighted by molar-refractivity contribution is -0.137. The van der Waals surface area contributed by atoms with Crippen molar-refractivity contribution >= 4 is 17.5 Å². The predicted octanol–water partition coefficient (Wildman–Crippen LogP) is 1.32. The number of carbonyl (C=O) groups is 2. The van der Waals surface area contributed by atoms with Crippen LogP contribution >= 0.6 is 0 Å². The maximum atomic E-state index is 13.0. The summed E-state index contributed by atoms with van der Waals surface area (Å²) < 4.78 is 2.52. The number of aromatic nitrogens is 4. The second-order valence-corrected chi connectivity index (χ2v) is 7.16. The molecule has 0 saturated heterocycles. The minimum Gasteiger partial charge on any atom is -0.480 e. The van der Waals surface area contributed by atoms with Gasteiger partial charge < -0.3 is 14.6 Å². The SMILES string of the molecule is Cc1ccc(-c2cc3n(CC(=O)O)c4c(c(=O)n3n2)CN(C(C)C)C4=O)nc1. The van der Waals surface area contributed by atoms with E-state index in [0.29, 0.717) is 11.4 Å². The summed E-state index contributed by atoms with van der Waals surface area (Å²) in [4.78, 5) is 43.2. The molecule has 3 aromatic rings. The number of hydrogen-bond acceptors (Lipinski definition) is 5. The van der Waals surface area contributed by atoms with Gasteiger partial charge in [-0.05, 0) is 32.4 Å². The topological polar surface area (TPSA) is 110 Å². The van der Waals surface area contributed by atoms with Crippen molar-refractivity contribution in [1.29, 1.82) is 0 Å². The third-order valence-corrected chi connectivity index (χ3v) is 4.86. The van der Waals surface area contributed by atoms with Gasteiger partial charge in [-0.3, -0.25) is 19.4 Å². The number of carbonyl (C=O) groups excluding carboxylic acids is 1. The fraction of sp³-hybridized carbons (Fsp3) is 0.316. The third-order valence-electron chi connectivity index (χ3n) is 4.86. The molecule has 0 saturated carbocycles. The Labute approximate surface area is 159 Å². The van der Waals surface area contributed by atoms with Crippen LogP contribution in [0.2, 0.25) is 0 Å². The molecule has 1 aliphatic rings. The highest BCUT2D eigenvalue weighted by atomic mass is 16.4. The van der Waals surface area contributed by atoms with Crippen molar-refractivity contribution in [2.45, 2.75) is 39.9 Å². The molecule has 0 atom stereocenters. The molecule has 9 nitrogen and oxygen atoms in total. The van der Waals surface area contributed by atoms with Crippen molar-refractivity contribution in [3.05, 3.63) is 51.6 Å². The Morgan fingerprint density at radius 2 is 2.00 bits per heavy atom. The van der Waals surface area contributed by atoms with Gasteiger partial charge in [-0.2, -0.15) is 9.61 Å². The van der Waals surface area contributed by atoms with Crippen molar-refractivity contribution in [2.75, 3.05) is 0 Å². The number of carboxylic acids is 1. The first kappa shape index (κ1) is 17.9. The summed E-state index contributed by atoms with van der Waals surface area (Å²) in [6.07, 6.45) is 1.69. The molecule has 0 radical (unpaired) electrons. The Balaban J connectivity index is 1.99. The van der Waals surface area contributed by atoms with E-state index in [-0.39, 0.29) is 35.4 Å². The van der Waals surface area contributed by atoms with Crippen molar-refractivity contribution < 1.29 is 14.7 Å². The molecule has 0 fully saturated rings. The first-order valence-electron chi connectivity index (χ1n) is 8.89. The van der Waals surface area contributed by atoms with Gasteiger partial charge in [-0.25, -0.2) is 0 Å². The van der Waals surface area contributed by atoms with Crippen LogP contribution in [0.25, 0.3) is 17.0 Å². The smallest absolute Gasteiger partial charge is 0.323 e. The van der Waals surface area contributed by atoms with Gasteiger partial charge in [0, 0.05) is 18.3 Å². The predicted molar refractivity (Wildman–Crippen MR) is 100 cm³/mol.